The zero-order valence-electron chi connectivity index (χ0n) is 12.1. The van der Waals surface area contributed by atoms with E-state index in [2.05, 4.69) is 15.5 Å². The van der Waals surface area contributed by atoms with Gasteiger partial charge in [-0.05, 0) is 49.6 Å². The lowest BCUT2D eigenvalue weighted by atomic mass is 10.1. The summed E-state index contributed by atoms with van der Waals surface area (Å²) in [5.74, 6) is 0.504. The Hall–Kier alpha value is -2.50. The molecule has 0 radical (unpaired) electrons. The van der Waals surface area contributed by atoms with Crippen molar-refractivity contribution in [2.45, 2.75) is 19.8 Å². The van der Waals surface area contributed by atoms with Crippen molar-refractivity contribution in [3.05, 3.63) is 41.7 Å². The number of ether oxygens (including phenoxy) is 1. The molecule has 0 atom stereocenters. The van der Waals surface area contributed by atoms with Gasteiger partial charge in [0, 0.05) is 17.9 Å². The fourth-order valence-corrected chi connectivity index (χ4v) is 1.90. The molecule has 0 saturated carbocycles. The fourth-order valence-electron chi connectivity index (χ4n) is 1.90. The summed E-state index contributed by atoms with van der Waals surface area (Å²) < 4.78 is 5.36. The van der Waals surface area contributed by atoms with Crippen LogP contribution in [-0.2, 0) is 11.2 Å². The molecule has 4 N–H and O–H groups in total. The molecule has 6 heteroatoms. The predicted octanol–water partition coefficient (Wildman–Crippen LogP) is 1.43. The molecule has 0 saturated heterocycles. The molecule has 0 bridgehead atoms. The molecule has 112 valence electrons. The highest BCUT2D eigenvalue weighted by molar-refractivity contribution is 5.77. The number of benzene rings is 1. The minimum atomic E-state index is -0.129. The molecule has 0 aliphatic heterocycles. The zero-order valence-corrected chi connectivity index (χ0v) is 12.1. The highest BCUT2D eigenvalue weighted by Crippen LogP contribution is 2.12. The summed E-state index contributed by atoms with van der Waals surface area (Å²) in [6, 6.07) is 6.95. The third-order valence-electron chi connectivity index (χ3n) is 3.13. The van der Waals surface area contributed by atoms with Gasteiger partial charge in [-0.15, -0.1) is 0 Å². The monoisotopic (exact) mass is 288 g/mol. The molecule has 2 aromatic rings. The summed E-state index contributed by atoms with van der Waals surface area (Å²) in [7, 11) is 0. The number of hydrogen-bond donors (Lipinski definition) is 3. The Morgan fingerprint density at radius 2 is 2.14 bits per heavy atom. The number of hydrogen-bond acceptors (Lipinski definition) is 4. The number of nitrogens with one attached hydrogen (secondary N) is 2. The van der Waals surface area contributed by atoms with Crippen LogP contribution in [-0.4, -0.2) is 29.3 Å². The number of rotatable bonds is 7. The first kappa shape index (κ1) is 14.9. The van der Waals surface area contributed by atoms with Crippen molar-refractivity contribution in [1.29, 1.82) is 0 Å². The van der Waals surface area contributed by atoms with Gasteiger partial charge in [0.2, 0.25) is 0 Å². The van der Waals surface area contributed by atoms with E-state index in [1.54, 1.807) is 24.3 Å². The van der Waals surface area contributed by atoms with Crippen LogP contribution in [0.3, 0.4) is 0 Å². The quantitative estimate of drug-likeness (QED) is 0.531. The first-order chi connectivity index (χ1) is 10.1. The highest BCUT2D eigenvalue weighted by Gasteiger charge is 2.03. The third-order valence-corrected chi connectivity index (χ3v) is 3.13. The van der Waals surface area contributed by atoms with Crippen LogP contribution in [0.2, 0.25) is 0 Å². The van der Waals surface area contributed by atoms with Gasteiger partial charge in [-0.2, -0.15) is 5.10 Å². The maximum atomic E-state index is 11.6. The predicted molar refractivity (Wildman–Crippen MR) is 81.0 cm³/mol. The van der Waals surface area contributed by atoms with Crippen molar-refractivity contribution >= 4 is 11.6 Å². The van der Waals surface area contributed by atoms with Crippen LogP contribution < -0.4 is 15.8 Å². The van der Waals surface area contributed by atoms with Crippen molar-refractivity contribution in [2.24, 2.45) is 0 Å². The van der Waals surface area contributed by atoms with Crippen LogP contribution in [0.1, 0.15) is 17.7 Å². The fraction of sp³-hybridized carbons (Fsp3) is 0.333. The molecule has 1 aromatic heterocycles. The summed E-state index contributed by atoms with van der Waals surface area (Å²) >= 11 is 0. The summed E-state index contributed by atoms with van der Waals surface area (Å²) in [6.07, 6.45) is 3.58. The first-order valence-corrected chi connectivity index (χ1v) is 6.89. The Kier molecular flexibility index (Phi) is 5.20. The second kappa shape index (κ2) is 7.33. The first-order valence-electron chi connectivity index (χ1n) is 6.89. The molecular formula is C15H20N4O2. The van der Waals surface area contributed by atoms with Crippen molar-refractivity contribution in [2.75, 3.05) is 18.9 Å². The maximum Gasteiger partial charge on any atom is 0.257 e. The van der Waals surface area contributed by atoms with Crippen LogP contribution in [0.5, 0.6) is 5.75 Å². The van der Waals surface area contributed by atoms with E-state index in [1.807, 2.05) is 13.1 Å². The van der Waals surface area contributed by atoms with E-state index < -0.39 is 0 Å². The molecule has 0 aliphatic rings. The number of aromatic nitrogens is 2. The van der Waals surface area contributed by atoms with E-state index in [0.29, 0.717) is 18.0 Å². The van der Waals surface area contributed by atoms with Crippen LogP contribution >= 0.6 is 0 Å². The molecular weight excluding hydrogens is 268 g/mol. The molecule has 21 heavy (non-hydrogen) atoms. The van der Waals surface area contributed by atoms with E-state index >= 15 is 0 Å². The largest absolute Gasteiger partial charge is 0.484 e. The topological polar surface area (TPSA) is 93.0 Å². The number of aromatic amines is 1. The Bertz CT molecular complexity index is 578. The summed E-state index contributed by atoms with van der Waals surface area (Å²) in [5.41, 5.74) is 8.50. The minimum Gasteiger partial charge on any atom is -0.484 e. The summed E-state index contributed by atoms with van der Waals surface area (Å²) in [5, 5.41) is 9.68. The van der Waals surface area contributed by atoms with Gasteiger partial charge in [0.25, 0.3) is 5.91 Å². The number of carbonyl (C=O) groups excluding carboxylic acids is 1. The van der Waals surface area contributed by atoms with Gasteiger partial charge in [0.15, 0.2) is 6.61 Å². The number of aryl methyl sites for hydroxylation is 2. The van der Waals surface area contributed by atoms with E-state index in [-0.39, 0.29) is 12.5 Å². The smallest absolute Gasteiger partial charge is 0.257 e. The second-order valence-corrected chi connectivity index (χ2v) is 4.83. The third kappa shape index (κ3) is 4.83. The van der Waals surface area contributed by atoms with Crippen LogP contribution in [0, 0.1) is 6.92 Å². The van der Waals surface area contributed by atoms with Gasteiger partial charge in [-0.3, -0.25) is 9.89 Å². The van der Waals surface area contributed by atoms with Gasteiger partial charge in [0.05, 0.1) is 6.20 Å². The number of nitrogens with two attached hydrogens (primary N) is 1. The number of carbonyl (C=O) groups is 1. The number of nitrogen functional groups attached to an aromatic ring is 1. The minimum absolute atomic E-state index is 0.00859. The molecule has 1 heterocycles. The van der Waals surface area contributed by atoms with Crippen molar-refractivity contribution in [3.63, 3.8) is 0 Å². The van der Waals surface area contributed by atoms with Crippen LogP contribution in [0.15, 0.2) is 30.5 Å². The van der Waals surface area contributed by atoms with Gasteiger partial charge in [-0.25, -0.2) is 0 Å². The zero-order chi connectivity index (χ0) is 15.1. The molecule has 1 amide bonds. The number of amides is 1. The Morgan fingerprint density at radius 1 is 1.38 bits per heavy atom. The van der Waals surface area contributed by atoms with E-state index in [0.717, 1.165) is 18.5 Å². The lowest BCUT2D eigenvalue weighted by molar-refractivity contribution is -0.123. The SMILES string of the molecule is Cc1[nH]ncc1CCCNC(=O)COc1ccc(N)cc1. The van der Waals surface area contributed by atoms with Crippen molar-refractivity contribution in [1.82, 2.24) is 15.5 Å². The van der Waals surface area contributed by atoms with Crippen molar-refractivity contribution < 1.29 is 9.53 Å². The van der Waals surface area contributed by atoms with Gasteiger partial charge in [0.1, 0.15) is 5.75 Å². The molecule has 0 spiro atoms. The summed E-state index contributed by atoms with van der Waals surface area (Å²) in [6.45, 7) is 2.62. The van der Waals surface area contributed by atoms with Crippen LogP contribution in [0.4, 0.5) is 5.69 Å². The lowest BCUT2D eigenvalue weighted by Gasteiger charge is -2.07. The van der Waals surface area contributed by atoms with Crippen LogP contribution in [0.25, 0.3) is 0 Å². The number of anilines is 1. The van der Waals surface area contributed by atoms with Crippen molar-refractivity contribution in [3.8, 4) is 5.75 Å². The number of H-pyrrole nitrogens is 1. The van der Waals surface area contributed by atoms with E-state index in [4.69, 9.17) is 10.5 Å². The average molecular weight is 288 g/mol. The Labute approximate surface area is 123 Å². The standard InChI is InChI=1S/C15H20N4O2/c1-11-12(9-18-19-11)3-2-8-17-15(20)10-21-14-6-4-13(16)5-7-14/h4-7,9H,2-3,8,10,16H2,1H3,(H,17,20)(H,18,19). The normalized spacial score (nSPS) is 10.3. The van der Waals surface area contributed by atoms with Gasteiger partial charge < -0.3 is 15.8 Å². The molecule has 0 fully saturated rings. The van der Waals surface area contributed by atoms with E-state index in [9.17, 15) is 4.79 Å². The summed E-state index contributed by atoms with van der Waals surface area (Å²) in [4.78, 5) is 11.6. The molecule has 1 aromatic carbocycles. The molecule has 0 aliphatic carbocycles. The van der Waals surface area contributed by atoms with E-state index in [1.165, 1.54) is 5.56 Å². The molecule has 0 unspecified atom stereocenters. The Morgan fingerprint density at radius 3 is 2.81 bits per heavy atom. The van der Waals surface area contributed by atoms with Gasteiger partial charge in [-0.1, -0.05) is 0 Å². The van der Waals surface area contributed by atoms with Gasteiger partial charge >= 0.3 is 0 Å². The maximum absolute atomic E-state index is 11.6. The lowest BCUT2D eigenvalue weighted by Crippen LogP contribution is -2.29. The highest BCUT2D eigenvalue weighted by atomic mass is 16.5. The molecule has 2 rings (SSSR count). The average Bonchev–Trinajstić information content (AvgIpc) is 2.88. The second-order valence-electron chi connectivity index (χ2n) is 4.83. The Balaban J connectivity index is 1.61. The molecule has 6 nitrogen and oxygen atoms in total. The number of nitrogens with zero attached hydrogens (tertiary/aromatic N) is 1.